The molecular weight excluding hydrogens is 268 g/mol. The van der Waals surface area contributed by atoms with Crippen LogP contribution in [0.3, 0.4) is 0 Å². The number of methoxy groups -OCH3 is 1. The highest BCUT2D eigenvalue weighted by molar-refractivity contribution is 6.12. The van der Waals surface area contributed by atoms with Crippen molar-refractivity contribution in [2.45, 2.75) is 26.8 Å². The molecule has 1 aromatic carbocycles. The normalized spacial score (nSPS) is 13.1. The van der Waals surface area contributed by atoms with Crippen LogP contribution in [0.15, 0.2) is 18.2 Å². The summed E-state index contributed by atoms with van der Waals surface area (Å²) < 4.78 is 4.91. The zero-order valence-electron chi connectivity index (χ0n) is 12.8. The van der Waals surface area contributed by atoms with Gasteiger partial charge in [-0.3, -0.25) is 9.59 Å². The summed E-state index contributed by atoms with van der Waals surface area (Å²) >= 11 is 0. The van der Waals surface area contributed by atoms with Gasteiger partial charge in [-0.25, -0.2) is 0 Å². The number of aryl methyl sites for hydroxylation is 2. The molecule has 1 rings (SSSR count). The molecule has 0 fully saturated rings. The van der Waals surface area contributed by atoms with Gasteiger partial charge < -0.3 is 10.1 Å². The predicted octanol–water partition coefficient (Wildman–Crippen LogP) is 1.78. The van der Waals surface area contributed by atoms with Crippen molar-refractivity contribution in [3.63, 3.8) is 0 Å². The first-order chi connectivity index (χ1) is 9.88. The number of nitrogens with one attached hydrogen (secondary N) is 1. The zero-order chi connectivity index (χ0) is 16.0. The number of nitrogens with zero attached hydrogens (tertiary/aromatic N) is 1. The topological polar surface area (TPSA) is 79.2 Å². The number of ether oxygens (including phenoxy) is 1. The van der Waals surface area contributed by atoms with Crippen LogP contribution in [0.2, 0.25) is 0 Å². The Hall–Kier alpha value is -2.19. The van der Waals surface area contributed by atoms with Crippen molar-refractivity contribution in [2.24, 2.45) is 5.92 Å². The first kappa shape index (κ1) is 16.9. The molecule has 0 spiro atoms. The van der Waals surface area contributed by atoms with E-state index in [1.54, 1.807) is 25.1 Å². The lowest BCUT2D eigenvalue weighted by molar-refractivity contribution is -0.123. The van der Waals surface area contributed by atoms with Gasteiger partial charge in [-0.2, -0.15) is 5.26 Å². The van der Waals surface area contributed by atoms with E-state index in [1.165, 1.54) is 7.11 Å². The molecule has 5 heteroatoms. The summed E-state index contributed by atoms with van der Waals surface area (Å²) in [4.78, 5) is 24.4. The van der Waals surface area contributed by atoms with Crippen LogP contribution in [0.5, 0.6) is 0 Å². The number of nitriles is 1. The lowest BCUT2D eigenvalue weighted by Crippen LogP contribution is -2.41. The second-order valence-corrected chi connectivity index (χ2v) is 5.17. The maximum absolute atomic E-state index is 12.3. The van der Waals surface area contributed by atoms with Crippen molar-refractivity contribution >= 4 is 11.7 Å². The predicted molar refractivity (Wildman–Crippen MR) is 78.8 cm³/mol. The molecule has 0 aliphatic carbocycles. The molecule has 0 aliphatic rings. The maximum atomic E-state index is 12.3. The minimum Gasteiger partial charge on any atom is -0.383 e. The van der Waals surface area contributed by atoms with Gasteiger partial charge in [0.2, 0.25) is 5.91 Å². The van der Waals surface area contributed by atoms with Crippen molar-refractivity contribution in [3.05, 3.63) is 34.9 Å². The Kier molecular flexibility index (Phi) is 6.07. The summed E-state index contributed by atoms with van der Waals surface area (Å²) in [6, 6.07) is 6.83. The van der Waals surface area contributed by atoms with Gasteiger partial charge in [0.25, 0.3) is 0 Å². The number of carbonyl (C=O) groups is 2. The van der Waals surface area contributed by atoms with Gasteiger partial charge in [-0.15, -0.1) is 0 Å². The van der Waals surface area contributed by atoms with Crippen molar-refractivity contribution < 1.29 is 14.3 Å². The average molecular weight is 288 g/mol. The van der Waals surface area contributed by atoms with Crippen molar-refractivity contribution in [1.82, 2.24) is 5.32 Å². The van der Waals surface area contributed by atoms with Crippen molar-refractivity contribution in [3.8, 4) is 6.07 Å². The fourth-order valence-electron chi connectivity index (χ4n) is 2.14. The minimum absolute atomic E-state index is 0.259. The number of hydrogen-bond acceptors (Lipinski definition) is 4. The van der Waals surface area contributed by atoms with Crippen LogP contribution >= 0.6 is 0 Å². The summed E-state index contributed by atoms with van der Waals surface area (Å²) in [5.74, 6) is -2.41. The van der Waals surface area contributed by atoms with E-state index in [0.29, 0.717) is 12.2 Å². The van der Waals surface area contributed by atoms with Crippen molar-refractivity contribution in [2.75, 3.05) is 13.7 Å². The standard InChI is InChI=1S/C16H20N2O3/c1-10-5-11(2)7-13(6-10)15(19)14(8-17)16(20)18-12(3)9-21-4/h5-7,12,14H,9H2,1-4H3,(H,18,20)/t12-,14-/m0/s1. The third-order valence-corrected chi connectivity index (χ3v) is 2.97. The summed E-state index contributed by atoms with van der Waals surface area (Å²) in [6.07, 6.45) is 0. The number of carbonyl (C=O) groups excluding carboxylic acids is 2. The quantitative estimate of drug-likeness (QED) is 0.639. The molecule has 1 N–H and O–H groups in total. The van der Waals surface area contributed by atoms with E-state index < -0.39 is 17.6 Å². The maximum Gasteiger partial charge on any atom is 0.245 e. The van der Waals surface area contributed by atoms with E-state index in [2.05, 4.69) is 5.32 Å². The number of rotatable bonds is 6. The molecule has 0 aromatic heterocycles. The van der Waals surface area contributed by atoms with Gasteiger partial charge in [0, 0.05) is 18.7 Å². The van der Waals surface area contributed by atoms with Crippen LogP contribution in [0.1, 0.15) is 28.4 Å². The Morgan fingerprint density at radius 1 is 1.29 bits per heavy atom. The average Bonchev–Trinajstić information content (AvgIpc) is 2.38. The summed E-state index contributed by atoms with van der Waals surface area (Å²) in [7, 11) is 1.52. The molecule has 112 valence electrons. The Labute approximate surface area is 124 Å². The Morgan fingerprint density at radius 2 is 1.86 bits per heavy atom. The second-order valence-electron chi connectivity index (χ2n) is 5.17. The first-order valence-corrected chi connectivity index (χ1v) is 6.70. The molecule has 0 heterocycles. The number of benzene rings is 1. The van der Waals surface area contributed by atoms with Gasteiger partial charge in [0.1, 0.15) is 0 Å². The first-order valence-electron chi connectivity index (χ1n) is 6.70. The van der Waals surface area contributed by atoms with E-state index in [0.717, 1.165) is 11.1 Å². The van der Waals surface area contributed by atoms with Gasteiger partial charge >= 0.3 is 0 Å². The molecule has 1 amide bonds. The van der Waals surface area contributed by atoms with Gasteiger partial charge in [0.05, 0.1) is 12.7 Å². The molecule has 5 nitrogen and oxygen atoms in total. The highest BCUT2D eigenvalue weighted by atomic mass is 16.5. The number of amides is 1. The zero-order valence-corrected chi connectivity index (χ0v) is 12.8. The van der Waals surface area contributed by atoms with Gasteiger partial charge in [0.15, 0.2) is 11.7 Å². The molecule has 1 aromatic rings. The lowest BCUT2D eigenvalue weighted by atomic mass is 9.95. The van der Waals surface area contributed by atoms with Crippen LogP contribution in [0.25, 0.3) is 0 Å². The number of Topliss-reactive ketones (excluding diaryl/α,β-unsaturated/α-hetero) is 1. The molecule has 2 atom stereocenters. The van der Waals surface area contributed by atoms with Crippen LogP contribution in [0, 0.1) is 31.1 Å². The fourth-order valence-corrected chi connectivity index (χ4v) is 2.14. The molecule has 0 unspecified atom stereocenters. The second kappa shape index (κ2) is 7.55. The monoisotopic (exact) mass is 288 g/mol. The van der Waals surface area contributed by atoms with Crippen LogP contribution in [-0.4, -0.2) is 31.4 Å². The Bertz CT molecular complexity index is 555. The van der Waals surface area contributed by atoms with Gasteiger partial charge in [-0.1, -0.05) is 17.2 Å². The fraction of sp³-hybridized carbons (Fsp3) is 0.438. The van der Waals surface area contributed by atoms with Crippen LogP contribution < -0.4 is 5.32 Å². The summed E-state index contributed by atoms with van der Waals surface area (Å²) in [5.41, 5.74) is 2.22. The number of hydrogen-bond donors (Lipinski definition) is 1. The SMILES string of the molecule is COC[C@H](C)NC(=O)[C@@H](C#N)C(=O)c1cc(C)cc(C)c1. The Balaban J connectivity index is 2.91. The molecule has 21 heavy (non-hydrogen) atoms. The van der Waals surface area contributed by atoms with E-state index in [-0.39, 0.29) is 6.04 Å². The minimum atomic E-state index is -1.34. The highest BCUT2D eigenvalue weighted by Crippen LogP contribution is 2.14. The lowest BCUT2D eigenvalue weighted by Gasteiger charge is -2.15. The summed E-state index contributed by atoms with van der Waals surface area (Å²) in [6.45, 7) is 5.80. The third-order valence-electron chi connectivity index (χ3n) is 2.97. The van der Waals surface area contributed by atoms with E-state index >= 15 is 0 Å². The number of ketones is 1. The van der Waals surface area contributed by atoms with Crippen LogP contribution in [0.4, 0.5) is 0 Å². The molecule has 0 aliphatic heterocycles. The van der Waals surface area contributed by atoms with Gasteiger partial charge in [-0.05, 0) is 32.9 Å². The molecule has 0 saturated carbocycles. The van der Waals surface area contributed by atoms with E-state index in [9.17, 15) is 9.59 Å². The molecule has 0 bridgehead atoms. The smallest absolute Gasteiger partial charge is 0.245 e. The Morgan fingerprint density at radius 3 is 2.33 bits per heavy atom. The molecule has 0 radical (unpaired) electrons. The van der Waals surface area contributed by atoms with E-state index in [1.807, 2.05) is 19.9 Å². The third kappa shape index (κ3) is 4.69. The largest absolute Gasteiger partial charge is 0.383 e. The van der Waals surface area contributed by atoms with Crippen LogP contribution in [-0.2, 0) is 9.53 Å². The van der Waals surface area contributed by atoms with Crippen molar-refractivity contribution in [1.29, 1.82) is 5.26 Å². The summed E-state index contributed by atoms with van der Waals surface area (Å²) in [5, 5.41) is 11.8. The molecule has 0 saturated heterocycles. The van der Waals surface area contributed by atoms with E-state index in [4.69, 9.17) is 10.00 Å². The molecular formula is C16H20N2O3. The highest BCUT2D eigenvalue weighted by Gasteiger charge is 2.28.